The van der Waals surface area contributed by atoms with Crippen LogP contribution in [0, 0.1) is 5.92 Å². The Kier molecular flexibility index (Phi) is 50.3. The first-order chi connectivity index (χ1) is 29.2. The van der Waals surface area contributed by atoms with Crippen LogP contribution in [0.1, 0.15) is 329 Å². The van der Waals surface area contributed by atoms with E-state index >= 15 is 0 Å². The molecular formula is C54H106O5. The van der Waals surface area contributed by atoms with Gasteiger partial charge in [0.05, 0.1) is 5.92 Å². The molecule has 0 heterocycles. The fourth-order valence-corrected chi connectivity index (χ4v) is 8.74. The van der Waals surface area contributed by atoms with Crippen molar-refractivity contribution in [2.45, 2.75) is 329 Å². The molecule has 59 heavy (non-hydrogen) atoms. The van der Waals surface area contributed by atoms with Gasteiger partial charge in [0.1, 0.15) is 0 Å². The van der Waals surface area contributed by atoms with Crippen LogP contribution in [0.3, 0.4) is 0 Å². The van der Waals surface area contributed by atoms with E-state index in [0.717, 1.165) is 57.8 Å². The van der Waals surface area contributed by atoms with Gasteiger partial charge in [0.25, 0.3) is 0 Å². The summed E-state index contributed by atoms with van der Waals surface area (Å²) in [6.07, 6.45) is 61.3. The molecule has 1 atom stereocenters. The average Bonchev–Trinajstić information content (AvgIpc) is 3.24. The highest BCUT2D eigenvalue weighted by Crippen LogP contribution is 2.22. The molecule has 5 nitrogen and oxygen atoms in total. The van der Waals surface area contributed by atoms with Gasteiger partial charge >= 0.3 is 11.9 Å². The third-order valence-corrected chi connectivity index (χ3v) is 12.9. The summed E-state index contributed by atoms with van der Waals surface area (Å²) in [6, 6.07) is 0. The van der Waals surface area contributed by atoms with Crippen LogP contribution in [0.5, 0.6) is 0 Å². The zero-order valence-corrected chi connectivity index (χ0v) is 40.6. The number of rotatable bonds is 51. The monoisotopic (exact) mass is 835 g/mol. The molecule has 0 aliphatic rings. The van der Waals surface area contributed by atoms with Gasteiger partial charge in [-0.3, -0.25) is 9.78 Å². The zero-order valence-electron chi connectivity index (χ0n) is 40.6. The van der Waals surface area contributed by atoms with E-state index in [1.165, 1.54) is 244 Å². The van der Waals surface area contributed by atoms with Crippen LogP contribution in [-0.4, -0.2) is 11.9 Å². The van der Waals surface area contributed by atoms with Crippen LogP contribution in [0.15, 0.2) is 0 Å². The smallest absolute Gasteiger partial charge is 0.260 e. The summed E-state index contributed by atoms with van der Waals surface area (Å²) in [5.74, 6) is -1.01. The van der Waals surface area contributed by atoms with Gasteiger partial charge in [-0.15, -0.1) is 0 Å². The Morgan fingerprint density at radius 1 is 0.288 bits per heavy atom. The van der Waals surface area contributed by atoms with E-state index in [2.05, 4.69) is 20.8 Å². The second-order valence-corrected chi connectivity index (χ2v) is 18.8. The van der Waals surface area contributed by atoms with Gasteiger partial charge in [0.2, 0.25) is 0 Å². The number of unbranched alkanes of at least 4 members (excludes halogenated alkanes) is 42. The lowest BCUT2D eigenvalue weighted by atomic mass is 9.94. The van der Waals surface area contributed by atoms with Gasteiger partial charge < -0.3 is 0 Å². The maximum atomic E-state index is 13.1. The van der Waals surface area contributed by atoms with Gasteiger partial charge in [0.15, 0.2) is 0 Å². The van der Waals surface area contributed by atoms with E-state index in [1.807, 2.05) is 0 Å². The average molecular weight is 835 g/mol. The first-order valence-electron chi connectivity index (χ1n) is 27.2. The highest BCUT2D eigenvalue weighted by molar-refractivity contribution is 5.72. The molecule has 0 aromatic carbocycles. The van der Waals surface area contributed by atoms with Crippen molar-refractivity contribution in [1.82, 2.24) is 0 Å². The summed E-state index contributed by atoms with van der Waals surface area (Å²) in [5, 5.41) is 4.77. The van der Waals surface area contributed by atoms with Crippen LogP contribution < -0.4 is 0 Å². The van der Waals surface area contributed by atoms with Gasteiger partial charge in [-0.05, 0) is 19.3 Å². The fraction of sp³-hybridized carbons (Fsp3) is 0.963. The third kappa shape index (κ3) is 47.8. The molecule has 0 radical (unpaired) electrons. The van der Waals surface area contributed by atoms with Crippen molar-refractivity contribution >= 4 is 11.9 Å². The molecule has 0 rings (SSSR count). The number of carbonyl (C=O) groups excluding carboxylic acids is 2. The van der Waals surface area contributed by atoms with Gasteiger partial charge in [0, 0.05) is 11.5 Å². The van der Waals surface area contributed by atoms with E-state index in [0.29, 0.717) is 6.42 Å². The van der Waals surface area contributed by atoms with E-state index < -0.39 is 5.97 Å². The SMILES string of the molecule is CCCCCCCCCCCCCCCCCCC(CCCCCCCCCCCCCCCC)C(=O)OOOC(=O)CCCCCCCCCCCCCCCCC. The van der Waals surface area contributed by atoms with Gasteiger partial charge in [-0.2, -0.15) is 0 Å². The van der Waals surface area contributed by atoms with Crippen LogP contribution in [0.4, 0.5) is 0 Å². The summed E-state index contributed by atoms with van der Waals surface area (Å²) in [4.78, 5) is 35.2. The summed E-state index contributed by atoms with van der Waals surface area (Å²) < 4.78 is 0. The Morgan fingerprint density at radius 3 is 0.763 bits per heavy atom. The minimum Gasteiger partial charge on any atom is -0.260 e. The molecule has 352 valence electrons. The highest BCUT2D eigenvalue weighted by Gasteiger charge is 2.22. The lowest BCUT2D eigenvalue weighted by Crippen LogP contribution is -2.19. The Labute approximate surface area is 370 Å². The molecule has 0 bridgehead atoms. The molecule has 0 aromatic rings. The zero-order chi connectivity index (χ0) is 42.8. The lowest BCUT2D eigenvalue weighted by molar-refractivity contribution is -0.460. The molecule has 0 aromatic heterocycles. The van der Waals surface area contributed by atoms with Crippen molar-refractivity contribution in [1.29, 1.82) is 0 Å². The van der Waals surface area contributed by atoms with E-state index in [-0.39, 0.29) is 11.9 Å². The molecule has 0 spiro atoms. The molecule has 1 unspecified atom stereocenters. The van der Waals surface area contributed by atoms with Crippen LogP contribution in [0.2, 0.25) is 0 Å². The maximum Gasteiger partial charge on any atom is 0.349 e. The predicted molar refractivity (Wildman–Crippen MR) is 255 cm³/mol. The molecule has 0 aliphatic heterocycles. The first-order valence-corrected chi connectivity index (χ1v) is 27.2. The fourth-order valence-electron chi connectivity index (χ4n) is 8.74. The van der Waals surface area contributed by atoms with Crippen LogP contribution >= 0.6 is 0 Å². The molecule has 0 fully saturated rings. The summed E-state index contributed by atoms with van der Waals surface area (Å²) in [5.41, 5.74) is 0. The van der Waals surface area contributed by atoms with Crippen LogP contribution in [-0.2, 0) is 24.4 Å². The Morgan fingerprint density at radius 2 is 0.508 bits per heavy atom. The van der Waals surface area contributed by atoms with E-state index in [1.54, 1.807) is 0 Å². The molecule has 0 N–H and O–H groups in total. The summed E-state index contributed by atoms with van der Waals surface area (Å²) in [6.45, 7) is 6.85. The lowest BCUT2D eigenvalue weighted by Gasteiger charge is -2.14. The molecular weight excluding hydrogens is 729 g/mol. The molecule has 0 saturated heterocycles. The number of hydrogen-bond donors (Lipinski definition) is 0. The second kappa shape index (κ2) is 51.3. The molecule has 5 heteroatoms. The largest absolute Gasteiger partial charge is 0.349 e. The minimum atomic E-state index is -0.450. The Hall–Kier alpha value is -1.10. The predicted octanol–water partition coefficient (Wildman–Crippen LogP) is 19.3. The quantitative estimate of drug-likeness (QED) is 0.0347. The molecule has 0 aliphatic carbocycles. The van der Waals surface area contributed by atoms with Crippen molar-refractivity contribution in [3.05, 3.63) is 0 Å². The van der Waals surface area contributed by atoms with E-state index in [9.17, 15) is 9.59 Å². The van der Waals surface area contributed by atoms with Crippen molar-refractivity contribution < 1.29 is 24.4 Å². The Bertz CT molecular complexity index is 815. The summed E-state index contributed by atoms with van der Waals surface area (Å²) >= 11 is 0. The first kappa shape index (κ1) is 57.9. The molecule has 0 amide bonds. The van der Waals surface area contributed by atoms with Crippen LogP contribution in [0.25, 0.3) is 0 Å². The number of carbonyl (C=O) groups is 2. The second-order valence-electron chi connectivity index (χ2n) is 18.8. The highest BCUT2D eigenvalue weighted by atomic mass is 17.5. The van der Waals surface area contributed by atoms with Crippen molar-refractivity contribution in [2.24, 2.45) is 5.92 Å². The topological polar surface area (TPSA) is 61.8 Å². The van der Waals surface area contributed by atoms with Crippen molar-refractivity contribution in [2.75, 3.05) is 0 Å². The number of hydrogen-bond acceptors (Lipinski definition) is 5. The van der Waals surface area contributed by atoms with Gasteiger partial charge in [-0.1, -0.05) is 303 Å². The normalized spacial score (nSPS) is 12.0. The minimum absolute atomic E-state index is 0.187. The third-order valence-electron chi connectivity index (χ3n) is 12.9. The summed E-state index contributed by atoms with van der Waals surface area (Å²) in [7, 11) is 0. The Balaban J connectivity index is 4.15. The van der Waals surface area contributed by atoms with Crippen molar-refractivity contribution in [3.8, 4) is 0 Å². The maximum absolute atomic E-state index is 13.1. The van der Waals surface area contributed by atoms with E-state index in [4.69, 9.17) is 14.8 Å². The van der Waals surface area contributed by atoms with Gasteiger partial charge in [-0.25, -0.2) is 9.59 Å². The van der Waals surface area contributed by atoms with Crippen molar-refractivity contribution in [3.63, 3.8) is 0 Å². The molecule has 0 saturated carbocycles. The standard InChI is InChI=1S/C54H106O5/c1-4-7-10-13-16-19-22-25-28-30-32-35-38-41-44-47-50-52(49-46-43-40-37-34-31-27-24-21-18-15-12-9-6-3)54(56)58-59-57-53(55)51-48-45-42-39-36-33-29-26-23-20-17-14-11-8-5-2/h52H,4-51H2,1-3H3.